The monoisotopic (exact) mass is 329 g/mol. The first-order valence-corrected chi connectivity index (χ1v) is 7.83. The molecule has 2 N–H and O–H groups in total. The Hall–Kier alpha value is -2.60. The average molecular weight is 329 g/mol. The van der Waals surface area contributed by atoms with Crippen LogP contribution in [-0.4, -0.2) is 30.2 Å². The number of aromatic carboxylic acids is 1. The van der Waals surface area contributed by atoms with Crippen LogP contribution in [0.15, 0.2) is 34.7 Å². The summed E-state index contributed by atoms with van der Waals surface area (Å²) >= 11 is 0. The normalized spacial score (nSPS) is 17.0. The fourth-order valence-corrected chi connectivity index (χ4v) is 2.84. The summed E-state index contributed by atoms with van der Waals surface area (Å²) in [5.74, 6) is -0.181. The Kier molecular flexibility index (Phi) is 4.66. The molecule has 6 heteroatoms. The van der Waals surface area contributed by atoms with Gasteiger partial charge in [0.05, 0.1) is 13.2 Å². The van der Waals surface area contributed by atoms with Crippen molar-refractivity contribution in [2.75, 3.05) is 13.2 Å². The summed E-state index contributed by atoms with van der Waals surface area (Å²) in [5.41, 5.74) is 1.78. The number of carbonyl (C=O) groups is 2. The maximum absolute atomic E-state index is 12.3. The van der Waals surface area contributed by atoms with Crippen molar-refractivity contribution >= 4 is 11.9 Å². The molecule has 1 unspecified atom stereocenters. The second-order valence-electron chi connectivity index (χ2n) is 5.86. The minimum absolute atomic E-state index is 0.113. The highest BCUT2D eigenvalue weighted by molar-refractivity contribution is 5.94. The van der Waals surface area contributed by atoms with Gasteiger partial charge in [0, 0.05) is 18.1 Å². The van der Waals surface area contributed by atoms with E-state index in [1.807, 2.05) is 18.2 Å². The number of carbonyl (C=O) groups excluding carboxylic acids is 1. The molecule has 1 fully saturated rings. The van der Waals surface area contributed by atoms with E-state index in [0.29, 0.717) is 29.6 Å². The third-order valence-electron chi connectivity index (χ3n) is 4.17. The molecule has 126 valence electrons. The molecule has 1 aliphatic heterocycles. The molecule has 2 aromatic rings. The topological polar surface area (TPSA) is 88.8 Å². The van der Waals surface area contributed by atoms with Gasteiger partial charge in [-0.05, 0) is 37.1 Å². The van der Waals surface area contributed by atoms with Crippen molar-refractivity contribution in [3.05, 3.63) is 58.5 Å². The van der Waals surface area contributed by atoms with E-state index < -0.39 is 5.97 Å². The molecule has 1 atom stereocenters. The zero-order valence-electron chi connectivity index (χ0n) is 13.4. The molecule has 3 rings (SSSR count). The lowest BCUT2D eigenvalue weighted by molar-refractivity contribution is 0.0694. The highest BCUT2D eigenvalue weighted by Gasteiger charge is 2.19. The smallest absolute Gasteiger partial charge is 0.339 e. The summed E-state index contributed by atoms with van der Waals surface area (Å²) in [6.07, 6.45) is 0.967. The molecule has 1 aromatic carbocycles. The molecule has 0 saturated carbocycles. The maximum Gasteiger partial charge on any atom is 0.339 e. The van der Waals surface area contributed by atoms with Crippen LogP contribution in [0.3, 0.4) is 0 Å². The van der Waals surface area contributed by atoms with E-state index in [1.165, 1.54) is 6.07 Å². The predicted molar refractivity (Wildman–Crippen MR) is 86.2 cm³/mol. The van der Waals surface area contributed by atoms with Crippen LogP contribution in [0.4, 0.5) is 0 Å². The van der Waals surface area contributed by atoms with Crippen molar-refractivity contribution in [1.29, 1.82) is 0 Å². The van der Waals surface area contributed by atoms with E-state index >= 15 is 0 Å². The van der Waals surface area contributed by atoms with E-state index in [1.54, 1.807) is 13.0 Å². The first-order valence-electron chi connectivity index (χ1n) is 7.83. The van der Waals surface area contributed by atoms with Crippen LogP contribution in [0.25, 0.3) is 0 Å². The van der Waals surface area contributed by atoms with Gasteiger partial charge in [-0.3, -0.25) is 4.79 Å². The number of hydrogen-bond acceptors (Lipinski definition) is 4. The first-order chi connectivity index (χ1) is 11.5. The summed E-state index contributed by atoms with van der Waals surface area (Å²) in [7, 11) is 0. The molecule has 2 heterocycles. The Balaban J connectivity index is 1.65. The number of rotatable bonds is 5. The summed E-state index contributed by atoms with van der Waals surface area (Å²) < 4.78 is 10.7. The lowest BCUT2D eigenvalue weighted by Crippen LogP contribution is -2.22. The molecule has 1 saturated heterocycles. The van der Waals surface area contributed by atoms with Gasteiger partial charge in [0.25, 0.3) is 5.91 Å². The molecule has 0 bridgehead atoms. The van der Waals surface area contributed by atoms with Crippen LogP contribution in [0, 0.1) is 6.92 Å². The molecule has 0 aliphatic carbocycles. The van der Waals surface area contributed by atoms with E-state index in [9.17, 15) is 9.59 Å². The molecule has 6 nitrogen and oxygen atoms in total. The van der Waals surface area contributed by atoms with Crippen LogP contribution in [0.5, 0.6) is 0 Å². The fraction of sp³-hybridized carbons (Fsp3) is 0.333. The van der Waals surface area contributed by atoms with Crippen LogP contribution < -0.4 is 5.32 Å². The number of amides is 1. The molecule has 24 heavy (non-hydrogen) atoms. The first kappa shape index (κ1) is 16.3. The van der Waals surface area contributed by atoms with Crippen molar-refractivity contribution < 1.29 is 23.8 Å². The third kappa shape index (κ3) is 3.49. The van der Waals surface area contributed by atoms with E-state index in [2.05, 4.69) is 5.32 Å². The fourth-order valence-electron chi connectivity index (χ4n) is 2.84. The Morgan fingerprint density at radius 1 is 1.33 bits per heavy atom. The number of carboxylic acids is 1. The van der Waals surface area contributed by atoms with Crippen LogP contribution in [-0.2, 0) is 11.3 Å². The van der Waals surface area contributed by atoms with Gasteiger partial charge in [0.2, 0.25) is 0 Å². The molecular formula is C18H19NO5. The van der Waals surface area contributed by atoms with Gasteiger partial charge in [-0.1, -0.05) is 12.1 Å². The number of furan rings is 1. The molecule has 1 aromatic heterocycles. The Labute approximate surface area is 139 Å². The Morgan fingerprint density at radius 2 is 2.17 bits per heavy atom. The van der Waals surface area contributed by atoms with Crippen molar-refractivity contribution in [1.82, 2.24) is 5.32 Å². The van der Waals surface area contributed by atoms with Crippen molar-refractivity contribution in [2.45, 2.75) is 25.8 Å². The van der Waals surface area contributed by atoms with Gasteiger partial charge in [-0.25, -0.2) is 4.79 Å². The zero-order chi connectivity index (χ0) is 17.1. The number of aryl methyl sites for hydroxylation is 1. The SMILES string of the molecule is Cc1oc(CNC(=O)c2cccc(C3CCOC3)c2)cc1C(=O)O. The van der Waals surface area contributed by atoms with E-state index in [0.717, 1.165) is 18.6 Å². The Bertz CT molecular complexity index is 759. The van der Waals surface area contributed by atoms with Crippen LogP contribution >= 0.6 is 0 Å². The summed E-state index contributed by atoms with van der Waals surface area (Å²) in [6.45, 7) is 3.17. The largest absolute Gasteiger partial charge is 0.478 e. The van der Waals surface area contributed by atoms with E-state index in [4.69, 9.17) is 14.3 Å². The molecule has 0 spiro atoms. The van der Waals surface area contributed by atoms with Gasteiger partial charge in [-0.15, -0.1) is 0 Å². The van der Waals surface area contributed by atoms with Gasteiger partial charge in [0.15, 0.2) is 0 Å². The number of ether oxygens (including phenoxy) is 1. The van der Waals surface area contributed by atoms with Crippen LogP contribution in [0.2, 0.25) is 0 Å². The molecule has 1 amide bonds. The van der Waals surface area contributed by atoms with Crippen molar-refractivity contribution in [2.24, 2.45) is 0 Å². The minimum atomic E-state index is -1.04. The number of hydrogen-bond donors (Lipinski definition) is 2. The van der Waals surface area contributed by atoms with Crippen molar-refractivity contribution in [3.63, 3.8) is 0 Å². The zero-order valence-corrected chi connectivity index (χ0v) is 13.4. The standard InChI is InChI=1S/C18H19NO5/c1-11-16(18(21)22)8-15(24-11)9-19-17(20)13-4-2-3-12(7-13)14-5-6-23-10-14/h2-4,7-8,14H,5-6,9-10H2,1H3,(H,19,20)(H,21,22). The van der Waals surface area contributed by atoms with Gasteiger partial charge >= 0.3 is 5.97 Å². The molecular weight excluding hydrogens is 310 g/mol. The van der Waals surface area contributed by atoms with Crippen LogP contribution in [0.1, 0.15) is 50.1 Å². The summed E-state index contributed by atoms with van der Waals surface area (Å²) in [4.78, 5) is 23.3. The third-order valence-corrected chi connectivity index (χ3v) is 4.17. The highest BCUT2D eigenvalue weighted by atomic mass is 16.5. The second kappa shape index (κ2) is 6.88. The highest BCUT2D eigenvalue weighted by Crippen LogP contribution is 2.25. The maximum atomic E-state index is 12.3. The average Bonchev–Trinajstić information content (AvgIpc) is 3.22. The van der Waals surface area contributed by atoms with Gasteiger partial charge < -0.3 is 19.6 Å². The van der Waals surface area contributed by atoms with Gasteiger partial charge in [-0.2, -0.15) is 0 Å². The second-order valence-corrected chi connectivity index (χ2v) is 5.86. The lowest BCUT2D eigenvalue weighted by atomic mass is 9.96. The predicted octanol–water partition coefficient (Wildman–Crippen LogP) is 2.72. The lowest BCUT2D eigenvalue weighted by Gasteiger charge is -2.10. The van der Waals surface area contributed by atoms with E-state index in [-0.39, 0.29) is 18.0 Å². The quantitative estimate of drug-likeness (QED) is 0.880. The van der Waals surface area contributed by atoms with Gasteiger partial charge in [0.1, 0.15) is 17.1 Å². The Morgan fingerprint density at radius 3 is 2.83 bits per heavy atom. The summed E-state index contributed by atoms with van der Waals surface area (Å²) in [5, 5.41) is 11.8. The number of carboxylic acid groups (broad SMARTS) is 1. The van der Waals surface area contributed by atoms with Crippen molar-refractivity contribution in [3.8, 4) is 0 Å². The number of benzene rings is 1. The minimum Gasteiger partial charge on any atom is -0.478 e. The summed E-state index contributed by atoms with van der Waals surface area (Å²) in [6, 6.07) is 8.94. The molecule has 1 aliphatic rings. The number of nitrogens with one attached hydrogen (secondary N) is 1. The molecule has 0 radical (unpaired) electrons.